The zero-order chi connectivity index (χ0) is 12.6. The van der Waals surface area contributed by atoms with E-state index in [1.807, 2.05) is 6.92 Å². The van der Waals surface area contributed by atoms with Gasteiger partial charge in [0.05, 0.1) is 5.75 Å². The van der Waals surface area contributed by atoms with E-state index in [-0.39, 0.29) is 16.7 Å². The van der Waals surface area contributed by atoms with Crippen molar-refractivity contribution < 1.29 is 8.42 Å². The molecule has 0 radical (unpaired) electrons. The summed E-state index contributed by atoms with van der Waals surface area (Å²) in [6.45, 7) is 9.12. The van der Waals surface area contributed by atoms with Crippen molar-refractivity contribution in [1.82, 2.24) is 4.31 Å². The van der Waals surface area contributed by atoms with Gasteiger partial charge in [-0.25, -0.2) is 8.42 Å². The molecular weight excluding hydrogens is 224 g/mol. The van der Waals surface area contributed by atoms with Crippen molar-refractivity contribution in [1.29, 1.82) is 0 Å². The molecular formula is C11H24N2O2S. The lowest BCUT2D eigenvalue weighted by Crippen LogP contribution is -2.68. The Labute approximate surface area is 99.2 Å². The highest BCUT2D eigenvalue weighted by Gasteiger charge is 2.43. The summed E-state index contributed by atoms with van der Waals surface area (Å²) in [5.41, 5.74) is 5.74. The maximum atomic E-state index is 11.9. The summed E-state index contributed by atoms with van der Waals surface area (Å²) in [5.74, 6) is 0.232. The summed E-state index contributed by atoms with van der Waals surface area (Å²) in [5, 5.41) is 0. The van der Waals surface area contributed by atoms with Gasteiger partial charge in [0, 0.05) is 18.6 Å². The third-order valence-electron chi connectivity index (χ3n) is 3.19. The molecule has 16 heavy (non-hydrogen) atoms. The predicted molar refractivity (Wildman–Crippen MR) is 66.6 cm³/mol. The molecule has 2 N–H and O–H groups in total. The van der Waals surface area contributed by atoms with Gasteiger partial charge in [-0.15, -0.1) is 0 Å². The molecule has 0 spiro atoms. The first-order valence-electron chi connectivity index (χ1n) is 5.85. The monoisotopic (exact) mass is 248 g/mol. The van der Waals surface area contributed by atoms with Crippen molar-refractivity contribution in [3.05, 3.63) is 0 Å². The Balaban J connectivity index is 2.49. The third-order valence-corrected chi connectivity index (χ3v) is 4.96. The molecule has 1 heterocycles. The van der Waals surface area contributed by atoms with Crippen molar-refractivity contribution in [2.45, 2.75) is 46.1 Å². The van der Waals surface area contributed by atoms with Crippen LogP contribution < -0.4 is 5.73 Å². The summed E-state index contributed by atoms with van der Waals surface area (Å²) in [6.07, 6.45) is 1.52. The summed E-state index contributed by atoms with van der Waals surface area (Å²) in [6, 6.07) is 0. The van der Waals surface area contributed by atoms with Crippen LogP contribution in [0.2, 0.25) is 0 Å². The first-order valence-corrected chi connectivity index (χ1v) is 7.46. The van der Waals surface area contributed by atoms with Gasteiger partial charge in [0.2, 0.25) is 10.0 Å². The smallest absolute Gasteiger partial charge is 0.214 e. The standard InChI is InChI=1S/C11H24N2O2S/c1-5-11(12)8-13(9-11)16(14,15)7-6-10(2,3)4/h5-9,12H2,1-4H3. The molecule has 0 aromatic carbocycles. The van der Waals surface area contributed by atoms with Gasteiger partial charge in [0.25, 0.3) is 0 Å². The molecule has 1 rings (SSSR count). The van der Waals surface area contributed by atoms with Crippen LogP contribution in [-0.2, 0) is 10.0 Å². The highest BCUT2D eigenvalue weighted by molar-refractivity contribution is 7.89. The molecule has 0 amide bonds. The lowest BCUT2D eigenvalue weighted by Gasteiger charge is -2.46. The van der Waals surface area contributed by atoms with E-state index in [1.165, 1.54) is 4.31 Å². The van der Waals surface area contributed by atoms with Crippen LogP contribution in [0.4, 0.5) is 0 Å². The number of hydrogen-bond acceptors (Lipinski definition) is 3. The molecule has 1 aliphatic rings. The lowest BCUT2D eigenvalue weighted by atomic mass is 9.91. The van der Waals surface area contributed by atoms with E-state index >= 15 is 0 Å². The van der Waals surface area contributed by atoms with Crippen LogP contribution in [-0.4, -0.2) is 37.1 Å². The molecule has 0 bridgehead atoms. The molecule has 0 aromatic heterocycles. The predicted octanol–water partition coefficient (Wildman–Crippen LogP) is 1.18. The average Bonchev–Trinajstić information content (AvgIpc) is 2.09. The Bertz CT molecular complexity index is 337. The molecule has 4 nitrogen and oxygen atoms in total. The minimum Gasteiger partial charge on any atom is -0.323 e. The Morgan fingerprint density at radius 3 is 2.19 bits per heavy atom. The first kappa shape index (κ1) is 13.9. The number of nitrogens with two attached hydrogens (primary N) is 1. The zero-order valence-corrected chi connectivity index (χ0v) is 11.6. The van der Waals surface area contributed by atoms with E-state index in [2.05, 4.69) is 20.8 Å². The second-order valence-corrected chi connectivity index (χ2v) is 8.20. The van der Waals surface area contributed by atoms with Gasteiger partial charge in [-0.1, -0.05) is 27.7 Å². The minimum atomic E-state index is -3.08. The molecule has 1 saturated heterocycles. The Morgan fingerprint density at radius 2 is 1.81 bits per heavy atom. The van der Waals surface area contributed by atoms with Crippen LogP contribution in [0.25, 0.3) is 0 Å². The summed E-state index contributed by atoms with van der Waals surface area (Å²) < 4.78 is 25.4. The molecule has 0 aliphatic carbocycles. The number of sulfonamides is 1. The quantitative estimate of drug-likeness (QED) is 0.812. The van der Waals surface area contributed by atoms with Gasteiger partial charge in [0.1, 0.15) is 0 Å². The highest BCUT2D eigenvalue weighted by atomic mass is 32.2. The molecule has 0 saturated carbocycles. The topological polar surface area (TPSA) is 63.4 Å². The average molecular weight is 248 g/mol. The van der Waals surface area contributed by atoms with E-state index in [1.54, 1.807) is 0 Å². The molecule has 5 heteroatoms. The fraction of sp³-hybridized carbons (Fsp3) is 1.00. The van der Waals surface area contributed by atoms with Gasteiger partial charge < -0.3 is 5.73 Å². The molecule has 0 unspecified atom stereocenters. The van der Waals surface area contributed by atoms with Gasteiger partial charge >= 0.3 is 0 Å². The first-order chi connectivity index (χ1) is 7.08. The normalized spacial score (nSPS) is 21.8. The van der Waals surface area contributed by atoms with Crippen molar-refractivity contribution in [3.8, 4) is 0 Å². The molecule has 0 aromatic rings. The van der Waals surface area contributed by atoms with E-state index in [0.29, 0.717) is 19.5 Å². The fourth-order valence-electron chi connectivity index (χ4n) is 1.64. The van der Waals surface area contributed by atoms with Crippen molar-refractivity contribution in [2.24, 2.45) is 11.1 Å². The SMILES string of the molecule is CCC1(N)CN(S(=O)(=O)CCC(C)(C)C)C1. The maximum absolute atomic E-state index is 11.9. The molecule has 0 atom stereocenters. The number of hydrogen-bond donors (Lipinski definition) is 1. The van der Waals surface area contributed by atoms with Crippen LogP contribution in [0.1, 0.15) is 40.5 Å². The number of nitrogens with zero attached hydrogens (tertiary/aromatic N) is 1. The third kappa shape index (κ3) is 3.43. The van der Waals surface area contributed by atoms with Crippen molar-refractivity contribution in [3.63, 3.8) is 0 Å². The largest absolute Gasteiger partial charge is 0.323 e. The Hall–Kier alpha value is -0.130. The zero-order valence-electron chi connectivity index (χ0n) is 10.8. The van der Waals surface area contributed by atoms with Gasteiger partial charge in [-0.05, 0) is 18.3 Å². The molecule has 96 valence electrons. The van der Waals surface area contributed by atoms with E-state index in [0.717, 1.165) is 6.42 Å². The maximum Gasteiger partial charge on any atom is 0.214 e. The number of rotatable bonds is 4. The summed E-state index contributed by atoms with van der Waals surface area (Å²) >= 11 is 0. The second kappa shape index (κ2) is 4.27. The van der Waals surface area contributed by atoms with Crippen molar-refractivity contribution >= 4 is 10.0 Å². The minimum absolute atomic E-state index is 0.0580. The van der Waals surface area contributed by atoms with Crippen molar-refractivity contribution in [2.75, 3.05) is 18.8 Å². The molecule has 1 fully saturated rings. The van der Waals surface area contributed by atoms with Gasteiger partial charge in [-0.3, -0.25) is 0 Å². The summed E-state index contributed by atoms with van der Waals surface area (Å²) in [4.78, 5) is 0. The summed E-state index contributed by atoms with van der Waals surface area (Å²) in [7, 11) is -3.08. The van der Waals surface area contributed by atoms with E-state index < -0.39 is 10.0 Å². The van der Waals surface area contributed by atoms with E-state index in [9.17, 15) is 8.42 Å². The fourth-order valence-corrected chi connectivity index (χ4v) is 3.68. The van der Waals surface area contributed by atoms with Crippen LogP contribution >= 0.6 is 0 Å². The Kier molecular flexibility index (Phi) is 3.72. The van der Waals surface area contributed by atoms with Crippen LogP contribution in [0.15, 0.2) is 0 Å². The van der Waals surface area contributed by atoms with Gasteiger partial charge in [-0.2, -0.15) is 4.31 Å². The molecule has 1 aliphatic heterocycles. The lowest BCUT2D eigenvalue weighted by molar-refractivity contribution is 0.153. The highest BCUT2D eigenvalue weighted by Crippen LogP contribution is 2.27. The Morgan fingerprint density at radius 1 is 1.31 bits per heavy atom. The second-order valence-electron chi connectivity index (χ2n) is 6.11. The van der Waals surface area contributed by atoms with Crippen LogP contribution in [0.3, 0.4) is 0 Å². The van der Waals surface area contributed by atoms with Crippen LogP contribution in [0.5, 0.6) is 0 Å². The van der Waals surface area contributed by atoms with Gasteiger partial charge in [0.15, 0.2) is 0 Å². The van der Waals surface area contributed by atoms with E-state index in [4.69, 9.17) is 5.73 Å². The van der Waals surface area contributed by atoms with Crippen LogP contribution in [0, 0.1) is 5.41 Å².